The first-order valence-corrected chi connectivity index (χ1v) is 8.19. The second-order valence-corrected chi connectivity index (χ2v) is 5.85. The number of benzene rings is 1. The zero-order valence-electron chi connectivity index (χ0n) is 13.1. The van der Waals surface area contributed by atoms with E-state index in [1.807, 2.05) is 0 Å². The molecule has 1 aliphatic carbocycles. The van der Waals surface area contributed by atoms with E-state index in [0.717, 1.165) is 31.9 Å². The zero-order valence-corrected chi connectivity index (χ0v) is 13.1. The molecule has 0 amide bonds. The van der Waals surface area contributed by atoms with Gasteiger partial charge in [-0.3, -0.25) is 0 Å². The third kappa shape index (κ3) is 3.03. The highest BCUT2D eigenvalue weighted by atomic mass is 15.2. The molecule has 1 saturated carbocycles. The molecule has 3 nitrogen and oxygen atoms in total. The fourth-order valence-corrected chi connectivity index (χ4v) is 2.97. The molecule has 1 fully saturated rings. The lowest BCUT2D eigenvalue weighted by molar-refractivity contribution is 0.676. The normalized spacial score (nSPS) is 14.6. The average Bonchev–Trinajstić information content (AvgIpc) is 3.35. The number of hydrogen-bond acceptors (Lipinski definition) is 3. The lowest BCUT2D eigenvalue weighted by atomic mass is 10.1. The lowest BCUT2D eigenvalue weighted by Gasteiger charge is -2.24. The smallest absolute Gasteiger partial charge is 0.136 e. The Morgan fingerprint density at radius 3 is 2.62 bits per heavy atom. The Labute approximate surface area is 127 Å². The molecule has 0 spiro atoms. The fourth-order valence-electron chi connectivity index (χ4n) is 2.97. The van der Waals surface area contributed by atoms with Crippen molar-refractivity contribution in [3.05, 3.63) is 36.0 Å². The third-order valence-electron chi connectivity index (χ3n) is 4.20. The summed E-state index contributed by atoms with van der Waals surface area (Å²) >= 11 is 0. The van der Waals surface area contributed by atoms with Crippen molar-refractivity contribution in [2.45, 2.75) is 45.7 Å². The predicted octanol–water partition coefficient (Wildman–Crippen LogP) is 3.72. The average molecular weight is 283 g/mol. The molecule has 0 unspecified atom stereocenters. The topological polar surface area (TPSA) is 28.2 Å². The van der Waals surface area contributed by atoms with Crippen LogP contribution in [0.4, 0.5) is 5.82 Å². The van der Waals surface area contributed by atoms with Crippen molar-refractivity contribution in [2.24, 2.45) is 0 Å². The first kappa shape index (κ1) is 14.3. The molecule has 0 bridgehead atoms. The summed E-state index contributed by atoms with van der Waals surface area (Å²) in [5.41, 5.74) is 1.30. The summed E-state index contributed by atoms with van der Waals surface area (Å²) < 4.78 is 0. The molecule has 1 N–H and O–H groups in total. The van der Waals surface area contributed by atoms with Crippen molar-refractivity contribution >= 4 is 16.6 Å². The van der Waals surface area contributed by atoms with Crippen LogP contribution in [-0.2, 0) is 6.54 Å². The third-order valence-corrected chi connectivity index (χ3v) is 4.20. The Bertz CT molecular complexity index is 604. The van der Waals surface area contributed by atoms with Crippen molar-refractivity contribution in [1.29, 1.82) is 0 Å². The molecule has 1 heterocycles. The first-order chi connectivity index (χ1) is 10.3. The van der Waals surface area contributed by atoms with Crippen molar-refractivity contribution in [3.8, 4) is 0 Å². The molecule has 0 radical (unpaired) electrons. The molecule has 1 aliphatic rings. The summed E-state index contributed by atoms with van der Waals surface area (Å²) in [6.45, 7) is 7.41. The van der Waals surface area contributed by atoms with Gasteiger partial charge in [-0.1, -0.05) is 31.2 Å². The second-order valence-electron chi connectivity index (χ2n) is 5.85. The minimum atomic E-state index is 0.704. The van der Waals surface area contributed by atoms with Gasteiger partial charge in [0.15, 0.2) is 0 Å². The molecule has 21 heavy (non-hydrogen) atoms. The first-order valence-electron chi connectivity index (χ1n) is 8.19. The van der Waals surface area contributed by atoms with Crippen LogP contribution in [0.1, 0.15) is 38.7 Å². The van der Waals surface area contributed by atoms with Crippen LogP contribution >= 0.6 is 0 Å². The summed E-state index contributed by atoms with van der Waals surface area (Å²) in [6, 6.07) is 9.39. The van der Waals surface area contributed by atoms with Gasteiger partial charge >= 0.3 is 0 Å². The van der Waals surface area contributed by atoms with Crippen molar-refractivity contribution in [3.63, 3.8) is 0 Å². The molecule has 0 atom stereocenters. The van der Waals surface area contributed by atoms with Gasteiger partial charge in [-0.2, -0.15) is 0 Å². The van der Waals surface area contributed by atoms with Crippen LogP contribution in [0.3, 0.4) is 0 Å². The highest BCUT2D eigenvalue weighted by molar-refractivity contribution is 5.94. The van der Waals surface area contributed by atoms with Crippen molar-refractivity contribution < 1.29 is 0 Å². The molecular formula is C18H25N3. The molecule has 3 heteroatoms. The van der Waals surface area contributed by atoms with E-state index in [0.29, 0.717) is 6.04 Å². The summed E-state index contributed by atoms with van der Waals surface area (Å²) in [5.74, 6) is 1.16. The largest absolute Gasteiger partial charge is 0.353 e. The number of fused-ring (bicyclic) bond motifs is 1. The van der Waals surface area contributed by atoms with Crippen molar-refractivity contribution in [1.82, 2.24) is 10.3 Å². The number of hydrogen-bond donors (Lipinski definition) is 1. The Morgan fingerprint density at radius 1 is 1.19 bits per heavy atom. The second kappa shape index (κ2) is 6.44. The molecule has 1 aromatic heterocycles. The molecule has 2 aromatic rings. The number of rotatable bonds is 7. The molecule has 112 valence electrons. The lowest BCUT2D eigenvalue weighted by Crippen LogP contribution is -2.26. The van der Waals surface area contributed by atoms with Crippen LogP contribution < -0.4 is 10.2 Å². The van der Waals surface area contributed by atoms with E-state index in [-0.39, 0.29) is 0 Å². The maximum absolute atomic E-state index is 4.80. The van der Waals surface area contributed by atoms with Crippen molar-refractivity contribution in [2.75, 3.05) is 18.0 Å². The maximum Gasteiger partial charge on any atom is 0.136 e. The van der Waals surface area contributed by atoms with E-state index in [1.54, 1.807) is 0 Å². The maximum atomic E-state index is 4.80. The van der Waals surface area contributed by atoms with Crippen LogP contribution in [0, 0.1) is 0 Å². The van der Waals surface area contributed by atoms with Crippen LogP contribution in [-0.4, -0.2) is 24.1 Å². The van der Waals surface area contributed by atoms with Gasteiger partial charge in [-0.25, -0.2) is 4.98 Å². The van der Waals surface area contributed by atoms with Gasteiger partial charge in [0.25, 0.3) is 0 Å². The summed E-state index contributed by atoms with van der Waals surface area (Å²) in [7, 11) is 0. The fraction of sp³-hybridized carbons (Fsp3) is 0.500. The minimum Gasteiger partial charge on any atom is -0.353 e. The van der Waals surface area contributed by atoms with Crippen LogP contribution in [0.15, 0.2) is 30.5 Å². The number of nitrogens with one attached hydrogen (secondary N) is 1. The van der Waals surface area contributed by atoms with E-state index in [9.17, 15) is 0 Å². The monoisotopic (exact) mass is 283 g/mol. The number of anilines is 1. The van der Waals surface area contributed by atoms with Gasteiger partial charge in [0.1, 0.15) is 5.82 Å². The van der Waals surface area contributed by atoms with E-state index in [4.69, 9.17) is 4.98 Å². The van der Waals surface area contributed by atoms with Gasteiger partial charge in [-0.15, -0.1) is 0 Å². The molecule has 0 aliphatic heterocycles. The van der Waals surface area contributed by atoms with Crippen LogP contribution in [0.25, 0.3) is 10.8 Å². The summed E-state index contributed by atoms with van der Waals surface area (Å²) in [5, 5.41) is 6.12. The molecule has 1 aromatic carbocycles. The van der Waals surface area contributed by atoms with Gasteiger partial charge < -0.3 is 10.2 Å². The van der Waals surface area contributed by atoms with Gasteiger partial charge in [0.05, 0.1) is 0 Å². The molecular weight excluding hydrogens is 258 g/mol. The Balaban J connectivity index is 1.97. The quantitative estimate of drug-likeness (QED) is 0.785. The van der Waals surface area contributed by atoms with Crippen LogP contribution in [0.5, 0.6) is 0 Å². The Kier molecular flexibility index (Phi) is 4.39. The standard InChI is InChI=1S/C18H25N3/c1-3-11-19-12-14-13-20-18(21(4-2)15-9-10-15)17-8-6-5-7-16(14)17/h5-8,13,15,19H,3-4,9-12H2,1-2H3. The zero-order chi connectivity index (χ0) is 14.7. The highest BCUT2D eigenvalue weighted by Crippen LogP contribution is 2.35. The summed E-state index contributed by atoms with van der Waals surface area (Å²) in [6.07, 6.45) is 5.84. The van der Waals surface area contributed by atoms with Gasteiger partial charge in [0, 0.05) is 30.7 Å². The Hall–Kier alpha value is -1.61. The minimum absolute atomic E-state index is 0.704. The highest BCUT2D eigenvalue weighted by Gasteiger charge is 2.29. The van der Waals surface area contributed by atoms with E-state index in [2.05, 4.69) is 54.5 Å². The van der Waals surface area contributed by atoms with Gasteiger partial charge in [0.2, 0.25) is 0 Å². The number of pyridine rings is 1. The molecule has 3 rings (SSSR count). The SMILES string of the molecule is CCCNCc1cnc(N(CC)C2CC2)c2ccccc12. The number of nitrogens with zero attached hydrogens (tertiary/aromatic N) is 2. The van der Waals surface area contributed by atoms with E-state index >= 15 is 0 Å². The van der Waals surface area contributed by atoms with Gasteiger partial charge in [-0.05, 0) is 43.7 Å². The predicted molar refractivity (Wildman–Crippen MR) is 89.8 cm³/mol. The summed E-state index contributed by atoms with van der Waals surface area (Å²) in [4.78, 5) is 7.27. The Morgan fingerprint density at radius 2 is 1.95 bits per heavy atom. The molecule has 0 saturated heterocycles. The van der Waals surface area contributed by atoms with E-state index < -0.39 is 0 Å². The van der Waals surface area contributed by atoms with Crippen LogP contribution in [0.2, 0.25) is 0 Å². The van der Waals surface area contributed by atoms with E-state index in [1.165, 1.54) is 29.2 Å². The number of aromatic nitrogens is 1.